The van der Waals surface area contributed by atoms with E-state index in [1.165, 1.54) is 54.8 Å². The lowest BCUT2D eigenvalue weighted by Gasteiger charge is -2.26. The van der Waals surface area contributed by atoms with Crippen LogP contribution in [0.4, 0.5) is 0 Å². The van der Waals surface area contributed by atoms with Crippen molar-refractivity contribution in [2.75, 3.05) is 47.0 Å². The zero-order chi connectivity index (χ0) is 24.1. The van der Waals surface area contributed by atoms with E-state index in [1.807, 2.05) is 0 Å². The van der Waals surface area contributed by atoms with E-state index in [2.05, 4.69) is 5.32 Å². The van der Waals surface area contributed by atoms with Crippen LogP contribution >= 0.6 is 0 Å². The highest BCUT2D eigenvalue weighted by molar-refractivity contribution is 7.89. The van der Waals surface area contributed by atoms with Crippen molar-refractivity contribution in [1.29, 1.82) is 0 Å². The molecular formula is C21H27N3O7S2. The fourth-order valence-corrected chi connectivity index (χ4v) is 5.34. The van der Waals surface area contributed by atoms with Gasteiger partial charge >= 0.3 is 0 Å². The van der Waals surface area contributed by atoms with Crippen molar-refractivity contribution in [3.05, 3.63) is 54.1 Å². The molecule has 1 amide bonds. The van der Waals surface area contributed by atoms with Gasteiger partial charge in [-0.15, -0.1) is 0 Å². The van der Waals surface area contributed by atoms with Gasteiger partial charge in [0.05, 0.1) is 23.0 Å². The first-order chi connectivity index (χ1) is 15.6. The summed E-state index contributed by atoms with van der Waals surface area (Å²) in [4.78, 5) is 12.4. The van der Waals surface area contributed by atoms with Gasteiger partial charge in [0.25, 0.3) is 5.91 Å². The molecule has 0 aromatic heterocycles. The highest BCUT2D eigenvalue weighted by Gasteiger charge is 2.26. The number of ether oxygens (including phenoxy) is 2. The summed E-state index contributed by atoms with van der Waals surface area (Å²) >= 11 is 0. The molecule has 2 aromatic rings. The number of benzene rings is 2. The average Bonchev–Trinajstić information content (AvgIpc) is 2.82. The Hall–Kier alpha value is -2.51. The molecule has 0 atom stereocenters. The zero-order valence-electron chi connectivity index (χ0n) is 18.4. The first-order valence-corrected chi connectivity index (χ1v) is 13.1. The molecule has 2 aromatic carbocycles. The molecule has 33 heavy (non-hydrogen) atoms. The summed E-state index contributed by atoms with van der Waals surface area (Å²) in [5, 5.41) is 2.69. The summed E-state index contributed by atoms with van der Waals surface area (Å²) in [7, 11) is -4.17. The maximum absolute atomic E-state index is 12.6. The number of hydrogen-bond donors (Lipinski definition) is 1. The van der Waals surface area contributed by atoms with Crippen LogP contribution in [-0.2, 0) is 36.1 Å². The highest BCUT2D eigenvalue weighted by atomic mass is 32.2. The van der Waals surface area contributed by atoms with Gasteiger partial charge in [0.1, 0.15) is 5.75 Å². The molecule has 1 fully saturated rings. The van der Waals surface area contributed by atoms with E-state index in [0.29, 0.717) is 32.1 Å². The van der Waals surface area contributed by atoms with Crippen molar-refractivity contribution in [3.63, 3.8) is 0 Å². The first kappa shape index (κ1) is 25.1. The van der Waals surface area contributed by atoms with Gasteiger partial charge in [0, 0.05) is 33.7 Å². The van der Waals surface area contributed by atoms with E-state index >= 15 is 0 Å². The van der Waals surface area contributed by atoms with Crippen molar-refractivity contribution in [3.8, 4) is 5.75 Å². The van der Waals surface area contributed by atoms with Gasteiger partial charge in [-0.05, 0) is 42.0 Å². The van der Waals surface area contributed by atoms with Crippen LogP contribution < -0.4 is 10.1 Å². The second-order valence-corrected chi connectivity index (χ2v) is 11.6. The Morgan fingerprint density at radius 3 is 2.12 bits per heavy atom. The van der Waals surface area contributed by atoms with Crippen LogP contribution in [0.2, 0.25) is 0 Å². The average molecular weight is 498 g/mol. The number of sulfonamides is 2. The molecule has 0 radical (unpaired) electrons. The quantitative estimate of drug-likeness (QED) is 0.540. The van der Waals surface area contributed by atoms with Gasteiger partial charge in [-0.3, -0.25) is 4.79 Å². The van der Waals surface area contributed by atoms with Gasteiger partial charge in [-0.2, -0.15) is 4.31 Å². The Labute approximate surface area is 194 Å². The maximum atomic E-state index is 12.6. The molecule has 10 nitrogen and oxygen atoms in total. The molecule has 1 N–H and O–H groups in total. The zero-order valence-corrected chi connectivity index (χ0v) is 20.1. The maximum Gasteiger partial charge on any atom is 0.258 e. The predicted octanol–water partition coefficient (Wildman–Crippen LogP) is 0.653. The van der Waals surface area contributed by atoms with Gasteiger partial charge in [-0.25, -0.2) is 21.1 Å². The topological polar surface area (TPSA) is 122 Å². The van der Waals surface area contributed by atoms with Crippen LogP contribution in [-0.4, -0.2) is 78.4 Å². The van der Waals surface area contributed by atoms with Gasteiger partial charge in [0.2, 0.25) is 20.0 Å². The van der Waals surface area contributed by atoms with E-state index in [4.69, 9.17) is 9.47 Å². The molecule has 0 aliphatic carbocycles. The van der Waals surface area contributed by atoms with Crippen molar-refractivity contribution in [1.82, 2.24) is 13.9 Å². The Morgan fingerprint density at radius 2 is 1.55 bits per heavy atom. The van der Waals surface area contributed by atoms with Crippen LogP contribution in [0.25, 0.3) is 0 Å². The van der Waals surface area contributed by atoms with Crippen molar-refractivity contribution in [2.24, 2.45) is 0 Å². The summed E-state index contributed by atoms with van der Waals surface area (Å²) in [5.41, 5.74) is 0.735. The molecule has 1 aliphatic rings. The number of morpholine rings is 1. The van der Waals surface area contributed by atoms with Crippen LogP contribution in [0.5, 0.6) is 5.75 Å². The van der Waals surface area contributed by atoms with Crippen LogP contribution in [0, 0.1) is 0 Å². The number of amides is 1. The number of nitrogens with zero attached hydrogens (tertiary/aromatic N) is 2. The van der Waals surface area contributed by atoms with Crippen LogP contribution in [0.3, 0.4) is 0 Å². The van der Waals surface area contributed by atoms with E-state index in [9.17, 15) is 21.6 Å². The summed E-state index contributed by atoms with van der Waals surface area (Å²) in [6.07, 6.45) is 0. The van der Waals surface area contributed by atoms with E-state index in [-0.39, 0.29) is 28.8 Å². The molecule has 1 heterocycles. The minimum absolute atomic E-state index is 0.154. The van der Waals surface area contributed by atoms with E-state index in [1.54, 1.807) is 12.1 Å². The molecule has 1 saturated heterocycles. The van der Waals surface area contributed by atoms with Crippen molar-refractivity contribution < 1.29 is 31.1 Å². The molecule has 3 rings (SSSR count). The highest BCUT2D eigenvalue weighted by Crippen LogP contribution is 2.20. The van der Waals surface area contributed by atoms with Crippen molar-refractivity contribution in [2.45, 2.75) is 16.3 Å². The van der Waals surface area contributed by atoms with Crippen LogP contribution in [0.15, 0.2) is 58.3 Å². The predicted molar refractivity (Wildman–Crippen MR) is 121 cm³/mol. The first-order valence-electron chi connectivity index (χ1n) is 10.2. The summed E-state index contributed by atoms with van der Waals surface area (Å²) in [6.45, 7) is 1.33. The molecule has 12 heteroatoms. The van der Waals surface area contributed by atoms with E-state index in [0.717, 1.165) is 9.87 Å². The minimum atomic E-state index is -3.59. The minimum Gasteiger partial charge on any atom is -0.484 e. The Bertz CT molecular complexity index is 1160. The van der Waals surface area contributed by atoms with E-state index < -0.39 is 20.0 Å². The fourth-order valence-electron chi connectivity index (χ4n) is 3.03. The number of nitrogens with one attached hydrogen (secondary N) is 1. The number of carbonyl (C=O) groups excluding carboxylic acids is 1. The molecule has 0 bridgehead atoms. The van der Waals surface area contributed by atoms with Crippen LogP contribution in [0.1, 0.15) is 5.56 Å². The lowest BCUT2D eigenvalue weighted by atomic mass is 10.2. The monoisotopic (exact) mass is 497 g/mol. The van der Waals surface area contributed by atoms with Gasteiger partial charge < -0.3 is 14.8 Å². The molecule has 0 unspecified atom stereocenters. The largest absolute Gasteiger partial charge is 0.484 e. The Kier molecular flexibility index (Phi) is 8.08. The molecule has 0 saturated carbocycles. The fraction of sp³-hybridized carbons (Fsp3) is 0.381. The molecule has 0 spiro atoms. The second kappa shape index (κ2) is 10.6. The summed E-state index contributed by atoms with van der Waals surface area (Å²) < 4.78 is 62.5. The van der Waals surface area contributed by atoms with Gasteiger partial charge in [0.15, 0.2) is 6.61 Å². The molecule has 1 aliphatic heterocycles. The summed E-state index contributed by atoms with van der Waals surface area (Å²) in [6, 6.07) is 12.1. The Morgan fingerprint density at radius 1 is 0.970 bits per heavy atom. The molecular weight excluding hydrogens is 470 g/mol. The number of rotatable bonds is 9. The second-order valence-electron chi connectivity index (χ2n) is 7.48. The third-order valence-corrected chi connectivity index (χ3v) is 8.74. The number of carbonyl (C=O) groups is 1. The normalized spacial score (nSPS) is 15.4. The van der Waals surface area contributed by atoms with Gasteiger partial charge in [-0.1, -0.05) is 12.1 Å². The Balaban J connectivity index is 1.49. The smallest absolute Gasteiger partial charge is 0.258 e. The summed E-state index contributed by atoms with van der Waals surface area (Å²) in [5.74, 6) is -0.00525. The lowest BCUT2D eigenvalue weighted by molar-refractivity contribution is -0.123. The standard InChI is InChI=1S/C21H27N3O7S2/c1-23(2)32(26,27)19-7-3-17(4-8-19)15-22-21(25)16-31-18-5-9-20(10-6-18)33(28,29)24-11-13-30-14-12-24/h3-10H,11-16H2,1-2H3,(H,22,25). The third kappa shape index (κ3) is 6.30. The number of hydrogen-bond acceptors (Lipinski definition) is 7. The van der Waals surface area contributed by atoms with Crippen molar-refractivity contribution >= 4 is 26.0 Å². The molecule has 180 valence electrons. The SMILES string of the molecule is CN(C)S(=O)(=O)c1ccc(CNC(=O)COc2ccc(S(=O)(=O)N3CCOCC3)cc2)cc1. The third-order valence-electron chi connectivity index (χ3n) is 4.99. The lowest BCUT2D eigenvalue weighted by Crippen LogP contribution is -2.40.